The number of aliphatic carboxylic acids is 1. The second-order valence-electron chi connectivity index (χ2n) is 2.41. The van der Waals surface area contributed by atoms with Gasteiger partial charge in [0.05, 0.1) is 0 Å². The van der Waals surface area contributed by atoms with Crippen LogP contribution in [0.4, 0.5) is 0 Å². The molecule has 0 saturated heterocycles. The van der Waals surface area contributed by atoms with Crippen molar-refractivity contribution in [2.75, 3.05) is 0 Å². The maximum atomic E-state index is 10.2. The number of carboxylic acids is 1. The quantitative estimate of drug-likeness (QED) is 0.588. The molecule has 4 nitrogen and oxygen atoms in total. The molecule has 0 spiro atoms. The molecule has 1 aliphatic heterocycles. The number of carboxylic acid groups (broad SMARTS) is 1. The lowest BCUT2D eigenvalue weighted by molar-refractivity contribution is -0.148. The SMILES string of the molecule is CC1(C)OC=C(C(=O)O)O1. The second kappa shape index (κ2) is 1.90. The maximum Gasteiger partial charge on any atom is 0.374 e. The van der Waals surface area contributed by atoms with Crippen LogP contribution in [0, 0.1) is 0 Å². The summed E-state index contributed by atoms with van der Waals surface area (Å²) in [6, 6.07) is 0. The molecule has 0 radical (unpaired) electrons. The molecule has 1 heterocycles. The molecule has 0 atom stereocenters. The first kappa shape index (κ1) is 6.92. The number of carbonyl (C=O) groups is 1. The largest absolute Gasteiger partial charge is 0.475 e. The van der Waals surface area contributed by atoms with Crippen molar-refractivity contribution < 1.29 is 19.4 Å². The highest BCUT2D eigenvalue weighted by molar-refractivity contribution is 5.84. The highest BCUT2D eigenvalue weighted by atomic mass is 16.7. The lowest BCUT2D eigenvalue weighted by Gasteiger charge is -2.16. The summed E-state index contributed by atoms with van der Waals surface area (Å²) in [4.78, 5) is 10.2. The molecule has 0 bridgehead atoms. The average Bonchev–Trinajstić information content (AvgIpc) is 2.10. The van der Waals surface area contributed by atoms with Crippen molar-refractivity contribution in [2.24, 2.45) is 0 Å². The number of rotatable bonds is 1. The third-order valence-electron chi connectivity index (χ3n) is 1.02. The topological polar surface area (TPSA) is 55.8 Å². The first-order valence-corrected chi connectivity index (χ1v) is 2.81. The fourth-order valence-corrected chi connectivity index (χ4v) is 0.602. The third-order valence-corrected chi connectivity index (χ3v) is 1.02. The van der Waals surface area contributed by atoms with Crippen molar-refractivity contribution >= 4 is 5.97 Å². The van der Waals surface area contributed by atoms with E-state index < -0.39 is 11.8 Å². The number of ether oxygens (including phenoxy) is 2. The van der Waals surface area contributed by atoms with Gasteiger partial charge < -0.3 is 14.6 Å². The van der Waals surface area contributed by atoms with E-state index in [1.807, 2.05) is 0 Å². The Labute approximate surface area is 58.1 Å². The van der Waals surface area contributed by atoms with Crippen molar-refractivity contribution in [2.45, 2.75) is 19.6 Å². The third kappa shape index (κ3) is 1.21. The molecule has 0 aromatic carbocycles. The Balaban J connectivity index is 2.64. The molecule has 0 aromatic rings. The van der Waals surface area contributed by atoms with E-state index in [9.17, 15) is 4.79 Å². The predicted molar refractivity (Wildman–Crippen MR) is 32.0 cm³/mol. The van der Waals surface area contributed by atoms with Crippen LogP contribution in [-0.2, 0) is 14.3 Å². The lowest BCUT2D eigenvalue weighted by atomic mass is 10.4. The Morgan fingerprint density at radius 1 is 1.70 bits per heavy atom. The molecule has 10 heavy (non-hydrogen) atoms. The zero-order valence-corrected chi connectivity index (χ0v) is 5.75. The molecule has 0 saturated carbocycles. The van der Waals surface area contributed by atoms with E-state index in [1.165, 1.54) is 0 Å². The summed E-state index contributed by atoms with van der Waals surface area (Å²) < 4.78 is 9.70. The van der Waals surface area contributed by atoms with Crippen molar-refractivity contribution in [1.82, 2.24) is 0 Å². The molecule has 1 N–H and O–H groups in total. The van der Waals surface area contributed by atoms with E-state index in [0.29, 0.717) is 0 Å². The van der Waals surface area contributed by atoms with E-state index in [0.717, 1.165) is 6.26 Å². The van der Waals surface area contributed by atoms with Crippen LogP contribution in [0.1, 0.15) is 13.8 Å². The molecule has 1 aliphatic rings. The minimum atomic E-state index is -1.11. The summed E-state index contributed by atoms with van der Waals surface area (Å²) in [6.07, 6.45) is 1.10. The van der Waals surface area contributed by atoms with Crippen LogP contribution in [0.15, 0.2) is 12.0 Å². The summed E-state index contributed by atoms with van der Waals surface area (Å²) >= 11 is 0. The summed E-state index contributed by atoms with van der Waals surface area (Å²) in [5.41, 5.74) is 0. The van der Waals surface area contributed by atoms with Crippen LogP contribution in [-0.4, -0.2) is 16.9 Å². The standard InChI is InChI=1S/C6H8O4/c1-6(2)9-3-4(10-6)5(7)8/h3H,1-2H3,(H,7,8). The van der Waals surface area contributed by atoms with Crippen molar-refractivity contribution in [3.05, 3.63) is 12.0 Å². The van der Waals surface area contributed by atoms with Crippen LogP contribution in [0.5, 0.6) is 0 Å². The fourth-order valence-electron chi connectivity index (χ4n) is 0.602. The van der Waals surface area contributed by atoms with Crippen LogP contribution < -0.4 is 0 Å². The van der Waals surface area contributed by atoms with Crippen LogP contribution in [0.2, 0.25) is 0 Å². The smallest absolute Gasteiger partial charge is 0.374 e. The summed E-state index contributed by atoms with van der Waals surface area (Å²) in [6.45, 7) is 3.28. The first-order valence-electron chi connectivity index (χ1n) is 2.81. The molecule has 56 valence electrons. The monoisotopic (exact) mass is 144 g/mol. The maximum absolute atomic E-state index is 10.2. The van der Waals surface area contributed by atoms with E-state index in [1.54, 1.807) is 13.8 Å². The van der Waals surface area contributed by atoms with Gasteiger partial charge in [-0.3, -0.25) is 0 Å². The van der Waals surface area contributed by atoms with Gasteiger partial charge >= 0.3 is 5.97 Å². The van der Waals surface area contributed by atoms with Crippen LogP contribution >= 0.6 is 0 Å². The Morgan fingerprint density at radius 2 is 2.30 bits per heavy atom. The molecule has 0 amide bonds. The number of hydrogen-bond donors (Lipinski definition) is 1. The normalized spacial score (nSPS) is 20.8. The molecule has 0 unspecified atom stereocenters. The predicted octanol–water partition coefficient (Wildman–Crippen LogP) is 0.695. The van der Waals surface area contributed by atoms with E-state index in [2.05, 4.69) is 0 Å². The molecule has 0 aromatic heterocycles. The van der Waals surface area contributed by atoms with Crippen LogP contribution in [0.3, 0.4) is 0 Å². The van der Waals surface area contributed by atoms with Gasteiger partial charge in [0.25, 0.3) is 0 Å². The van der Waals surface area contributed by atoms with E-state index >= 15 is 0 Å². The van der Waals surface area contributed by atoms with E-state index in [4.69, 9.17) is 14.6 Å². The zero-order chi connectivity index (χ0) is 7.78. The van der Waals surface area contributed by atoms with Crippen LogP contribution in [0.25, 0.3) is 0 Å². The Morgan fingerprint density at radius 3 is 2.50 bits per heavy atom. The minimum Gasteiger partial charge on any atom is -0.475 e. The minimum absolute atomic E-state index is 0.148. The van der Waals surface area contributed by atoms with Gasteiger partial charge in [-0.05, 0) is 0 Å². The molecular weight excluding hydrogens is 136 g/mol. The number of hydrogen-bond acceptors (Lipinski definition) is 3. The van der Waals surface area contributed by atoms with Crippen molar-refractivity contribution in [1.29, 1.82) is 0 Å². The first-order chi connectivity index (χ1) is 4.51. The summed E-state index contributed by atoms with van der Waals surface area (Å²) in [7, 11) is 0. The highest BCUT2D eigenvalue weighted by Gasteiger charge is 2.30. The van der Waals surface area contributed by atoms with Gasteiger partial charge in [0.1, 0.15) is 6.26 Å². The van der Waals surface area contributed by atoms with Crippen molar-refractivity contribution in [3.63, 3.8) is 0 Å². The molecule has 4 heteroatoms. The van der Waals surface area contributed by atoms with Gasteiger partial charge in [0, 0.05) is 13.8 Å². The van der Waals surface area contributed by atoms with Gasteiger partial charge in [-0.1, -0.05) is 0 Å². The molecule has 0 aliphatic carbocycles. The molecular formula is C6H8O4. The summed E-state index contributed by atoms with van der Waals surface area (Å²) in [5, 5.41) is 8.37. The van der Waals surface area contributed by atoms with Gasteiger partial charge in [0.15, 0.2) is 0 Å². The van der Waals surface area contributed by atoms with E-state index in [-0.39, 0.29) is 5.76 Å². The Bertz CT molecular complexity index is 192. The van der Waals surface area contributed by atoms with Gasteiger partial charge in [-0.2, -0.15) is 0 Å². The molecule has 0 fully saturated rings. The van der Waals surface area contributed by atoms with Gasteiger partial charge in [0.2, 0.25) is 11.5 Å². The van der Waals surface area contributed by atoms with Crippen molar-refractivity contribution in [3.8, 4) is 0 Å². The Hall–Kier alpha value is -1.19. The summed E-state index contributed by atoms with van der Waals surface area (Å²) in [5.74, 6) is -2.08. The van der Waals surface area contributed by atoms with Gasteiger partial charge in [-0.25, -0.2) is 4.79 Å². The lowest BCUT2D eigenvalue weighted by Crippen LogP contribution is -2.21. The zero-order valence-electron chi connectivity index (χ0n) is 5.75. The second-order valence-corrected chi connectivity index (χ2v) is 2.41. The highest BCUT2D eigenvalue weighted by Crippen LogP contribution is 2.23. The average molecular weight is 144 g/mol. The molecule has 1 rings (SSSR count). The fraction of sp³-hybridized carbons (Fsp3) is 0.500. The Kier molecular flexibility index (Phi) is 1.31. The van der Waals surface area contributed by atoms with Gasteiger partial charge in [-0.15, -0.1) is 0 Å².